The maximum atomic E-state index is 11.0. The quantitative estimate of drug-likeness (QED) is 0.187. The third-order valence-electron chi connectivity index (χ3n) is 1.46. The van der Waals surface area contributed by atoms with Crippen LogP contribution in [0.2, 0.25) is 0 Å². The van der Waals surface area contributed by atoms with Crippen LogP contribution in [0.3, 0.4) is 0 Å². The van der Waals surface area contributed by atoms with E-state index < -0.39 is 0 Å². The van der Waals surface area contributed by atoms with E-state index in [-0.39, 0.29) is 5.12 Å². The Morgan fingerprint density at radius 3 is 2.43 bits per heavy atom. The fourth-order valence-electron chi connectivity index (χ4n) is 0.802. The third-order valence-corrected chi connectivity index (χ3v) is 1.71. The summed E-state index contributed by atoms with van der Waals surface area (Å²) in [5.41, 5.74) is 1.09. The van der Waals surface area contributed by atoms with Gasteiger partial charge in [-0.3, -0.25) is 4.79 Å². The molecule has 4 heteroatoms. The molecule has 0 aromatic rings. The van der Waals surface area contributed by atoms with Crippen molar-refractivity contribution in [3.8, 4) is 0 Å². The van der Waals surface area contributed by atoms with Gasteiger partial charge in [0.1, 0.15) is 0 Å². The van der Waals surface area contributed by atoms with Crippen LogP contribution in [0.15, 0.2) is 40.6 Å². The van der Waals surface area contributed by atoms with Crippen molar-refractivity contribution >= 4 is 24.0 Å². The SMILES string of the molecule is C\C=C/C(=C\C(\C=N\O)=C/C)C(=O)S. The van der Waals surface area contributed by atoms with E-state index in [4.69, 9.17) is 5.21 Å². The highest BCUT2D eigenvalue weighted by atomic mass is 32.1. The lowest BCUT2D eigenvalue weighted by molar-refractivity contribution is -0.107. The van der Waals surface area contributed by atoms with Crippen molar-refractivity contribution in [2.24, 2.45) is 5.16 Å². The summed E-state index contributed by atoms with van der Waals surface area (Å²) < 4.78 is 0. The van der Waals surface area contributed by atoms with Gasteiger partial charge in [-0.1, -0.05) is 23.4 Å². The average molecular weight is 211 g/mol. The molecule has 0 amide bonds. The summed E-state index contributed by atoms with van der Waals surface area (Å²) in [4.78, 5) is 11.0. The van der Waals surface area contributed by atoms with Crippen molar-refractivity contribution in [2.75, 3.05) is 0 Å². The van der Waals surface area contributed by atoms with E-state index in [0.29, 0.717) is 11.1 Å². The van der Waals surface area contributed by atoms with Crippen LogP contribution in [0.5, 0.6) is 0 Å². The summed E-state index contributed by atoms with van der Waals surface area (Å²) in [6.45, 7) is 3.59. The van der Waals surface area contributed by atoms with Gasteiger partial charge in [-0.25, -0.2) is 0 Å². The Morgan fingerprint density at radius 2 is 2.07 bits per heavy atom. The number of rotatable bonds is 4. The molecule has 0 spiro atoms. The molecule has 1 N–H and O–H groups in total. The second-order valence-corrected chi connectivity index (χ2v) is 2.84. The van der Waals surface area contributed by atoms with Crippen LogP contribution in [0, 0.1) is 0 Å². The lowest BCUT2D eigenvalue weighted by atomic mass is 10.1. The van der Waals surface area contributed by atoms with E-state index in [0.717, 1.165) is 0 Å². The highest BCUT2D eigenvalue weighted by Gasteiger charge is 2.00. The molecule has 0 rings (SSSR count). The number of nitrogens with zero attached hydrogens (tertiary/aromatic N) is 1. The third kappa shape index (κ3) is 4.67. The smallest absolute Gasteiger partial charge is 0.216 e. The molecule has 0 unspecified atom stereocenters. The van der Waals surface area contributed by atoms with Crippen LogP contribution in [0.1, 0.15) is 13.8 Å². The molecule has 0 aliphatic rings. The van der Waals surface area contributed by atoms with E-state index in [1.165, 1.54) is 6.21 Å². The summed E-state index contributed by atoms with van der Waals surface area (Å²) in [5, 5.41) is 10.9. The molecular weight excluding hydrogens is 198 g/mol. The van der Waals surface area contributed by atoms with E-state index in [1.54, 1.807) is 38.2 Å². The summed E-state index contributed by atoms with van der Waals surface area (Å²) in [6, 6.07) is 0. The Balaban J connectivity index is 4.98. The zero-order valence-corrected chi connectivity index (χ0v) is 9.03. The maximum absolute atomic E-state index is 11.0. The molecule has 0 aromatic heterocycles. The summed E-state index contributed by atoms with van der Waals surface area (Å²) >= 11 is 3.72. The minimum atomic E-state index is -0.325. The molecule has 0 fully saturated rings. The molecule has 0 saturated carbocycles. The highest BCUT2D eigenvalue weighted by Crippen LogP contribution is 2.06. The van der Waals surface area contributed by atoms with Gasteiger partial charge in [0.15, 0.2) is 0 Å². The number of carbonyl (C=O) groups is 1. The molecule has 0 atom stereocenters. The van der Waals surface area contributed by atoms with E-state index in [2.05, 4.69) is 17.8 Å². The van der Waals surface area contributed by atoms with Crippen molar-refractivity contribution in [1.82, 2.24) is 0 Å². The molecule has 0 saturated heterocycles. The minimum Gasteiger partial charge on any atom is -0.411 e. The van der Waals surface area contributed by atoms with E-state index in [1.807, 2.05) is 0 Å². The predicted molar refractivity (Wildman–Crippen MR) is 60.9 cm³/mol. The highest BCUT2D eigenvalue weighted by molar-refractivity contribution is 7.97. The van der Waals surface area contributed by atoms with Gasteiger partial charge in [-0.2, -0.15) is 0 Å². The van der Waals surface area contributed by atoms with Crippen molar-refractivity contribution in [2.45, 2.75) is 13.8 Å². The van der Waals surface area contributed by atoms with Gasteiger partial charge in [0.05, 0.1) is 6.21 Å². The van der Waals surface area contributed by atoms with Crippen LogP contribution in [0.4, 0.5) is 0 Å². The second kappa shape index (κ2) is 7.15. The predicted octanol–water partition coefficient (Wildman–Crippen LogP) is 2.35. The standard InChI is InChI=1S/C10H13NO2S/c1-3-5-9(10(12)14)6-8(4-2)7-11-13/h3-7,13H,1-2H3,(H,12,14)/b5-3-,8-4+,9-6+,11-7+. The van der Waals surface area contributed by atoms with Crippen LogP contribution >= 0.6 is 12.6 Å². The maximum Gasteiger partial charge on any atom is 0.216 e. The molecule has 0 radical (unpaired) electrons. The molecule has 76 valence electrons. The summed E-state index contributed by atoms with van der Waals surface area (Å²) in [6.07, 6.45) is 7.95. The Labute approximate surface area is 88.9 Å². The first-order valence-corrected chi connectivity index (χ1v) is 4.51. The van der Waals surface area contributed by atoms with Gasteiger partial charge >= 0.3 is 0 Å². The van der Waals surface area contributed by atoms with Crippen molar-refractivity contribution in [3.05, 3.63) is 35.5 Å². The number of hydrogen-bond acceptors (Lipinski definition) is 3. The minimum absolute atomic E-state index is 0.325. The summed E-state index contributed by atoms with van der Waals surface area (Å²) in [5.74, 6) is 0. The van der Waals surface area contributed by atoms with Crippen LogP contribution in [-0.4, -0.2) is 16.5 Å². The topological polar surface area (TPSA) is 49.7 Å². The Kier molecular flexibility index (Phi) is 6.49. The van der Waals surface area contributed by atoms with Gasteiger partial charge in [0.2, 0.25) is 5.12 Å². The molecule has 0 bridgehead atoms. The van der Waals surface area contributed by atoms with Crippen LogP contribution < -0.4 is 0 Å². The largest absolute Gasteiger partial charge is 0.411 e. The van der Waals surface area contributed by atoms with Gasteiger partial charge in [0, 0.05) is 5.57 Å². The Hall–Kier alpha value is -1.29. The first-order valence-electron chi connectivity index (χ1n) is 4.07. The number of allylic oxidation sites excluding steroid dienone is 5. The fourth-order valence-corrected chi connectivity index (χ4v) is 0.941. The zero-order valence-electron chi connectivity index (χ0n) is 8.14. The summed E-state index contributed by atoms with van der Waals surface area (Å²) in [7, 11) is 0. The first-order chi connectivity index (χ1) is 6.65. The Bertz CT molecular complexity index is 314. The van der Waals surface area contributed by atoms with Gasteiger partial charge in [-0.05, 0) is 25.5 Å². The van der Waals surface area contributed by atoms with Gasteiger partial charge in [-0.15, -0.1) is 12.6 Å². The van der Waals surface area contributed by atoms with E-state index in [9.17, 15) is 4.79 Å². The lowest BCUT2D eigenvalue weighted by Gasteiger charge is -1.95. The monoisotopic (exact) mass is 211 g/mol. The van der Waals surface area contributed by atoms with Crippen LogP contribution in [0.25, 0.3) is 0 Å². The molecule has 0 aliphatic carbocycles. The molecule has 3 nitrogen and oxygen atoms in total. The van der Waals surface area contributed by atoms with Gasteiger partial charge < -0.3 is 5.21 Å². The first kappa shape index (κ1) is 12.7. The van der Waals surface area contributed by atoms with Gasteiger partial charge in [0.25, 0.3) is 0 Å². The molecule has 14 heavy (non-hydrogen) atoms. The zero-order chi connectivity index (χ0) is 11.0. The van der Waals surface area contributed by atoms with Crippen molar-refractivity contribution in [1.29, 1.82) is 0 Å². The lowest BCUT2D eigenvalue weighted by Crippen LogP contribution is -1.92. The number of carbonyl (C=O) groups excluding carboxylic acids is 1. The fraction of sp³-hybridized carbons (Fsp3) is 0.200. The molecule has 0 aromatic carbocycles. The number of thiol groups is 1. The normalized spacial score (nSPS) is 14.2. The second-order valence-electron chi connectivity index (χ2n) is 2.44. The van der Waals surface area contributed by atoms with Crippen molar-refractivity contribution in [3.63, 3.8) is 0 Å². The molecular formula is C10H13NO2S. The average Bonchev–Trinajstić information content (AvgIpc) is 2.15. The number of oxime groups is 1. The van der Waals surface area contributed by atoms with Crippen molar-refractivity contribution < 1.29 is 10.0 Å². The van der Waals surface area contributed by atoms with E-state index >= 15 is 0 Å². The van der Waals surface area contributed by atoms with Crippen LogP contribution in [-0.2, 0) is 4.79 Å². The molecule has 0 aliphatic heterocycles. The molecule has 0 heterocycles. The number of hydrogen-bond donors (Lipinski definition) is 2. The Morgan fingerprint density at radius 1 is 1.43 bits per heavy atom.